The molecule has 0 saturated carbocycles. The highest BCUT2D eigenvalue weighted by atomic mass is 35.5. The number of hydrogen-bond donors (Lipinski definition) is 2. The van der Waals surface area contributed by atoms with Crippen molar-refractivity contribution in [3.63, 3.8) is 0 Å². The average Bonchev–Trinajstić information content (AvgIpc) is 2.49. The van der Waals surface area contributed by atoms with Crippen molar-refractivity contribution in [3.05, 3.63) is 59.1 Å². The molecule has 0 unspecified atom stereocenters. The third-order valence-electron chi connectivity index (χ3n) is 3.09. The van der Waals surface area contributed by atoms with Crippen LogP contribution in [0.2, 0.25) is 5.02 Å². The molecule has 1 heterocycles. The lowest BCUT2D eigenvalue weighted by atomic mass is 10.1. The number of pyridine rings is 1. The van der Waals surface area contributed by atoms with Crippen molar-refractivity contribution in [2.24, 2.45) is 0 Å². The lowest BCUT2D eigenvalue weighted by molar-refractivity contribution is 0.0694. The van der Waals surface area contributed by atoms with Crippen LogP contribution in [0.5, 0.6) is 5.88 Å². The van der Waals surface area contributed by atoms with Crippen molar-refractivity contribution < 1.29 is 15.0 Å². The van der Waals surface area contributed by atoms with Gasteiger partial charge in [-0.15, -0.1) is 0 Å². The van der Waals surface area contributed by atoms with Gasteiger partial charge >= 0.3 is 5.97 Å². The molecular weight excluding hydrogens is 322 g/mol. The number of aromatic carboxylic acids is 1. The van der Waals surface area contributed by atoms with Crippen molar-refractivity contribution in [2.75, 3.05) is 0 Å². The van der Waals surface area contributed by atoms with E-state index < -0.39 is 5.97 Å². The van der Waals surface area contributed by atoms with Crippen LogP contribution in [0.4, 0.5) is 0 Å². The summed E-state index contributed by atoms with van der Waals surface area (Å²) in [5.41, 5.74) is 0.453. The van der Waals surface area contributed by atoms with Crippen molar-refractivity contribution in [1.82, 2.24) is 4.98 Å². The normalized spacial score (nSPS) is 10.8. The summed E-state index contributed by atoms with van der Waals surface area (Å²) in [6, 6.07) is 13.8. The Morgan fingerprint density at radius 3 is 2.50 bits per heavy atom. The molecule has 1 aromatic heterocycles. The lowest BCUT2D eigenvalue weighted by Gasteiger charge is -2.11. The molecule has 3 aromatic rings. The average molecular weight is 332 g/mol. The van der Waals surface area contributed by atoms with Crippen LogP contribution in [0.3, 0.4) is 0 Å². The molecule has 0 bridgehead atoms. The Labute approximate surface area is 135 Å². The van der Waals surface area contributed by atoms with Crippen molar-refractivity contribution in [2.45, 2.75) is 9.79 Å². The molecule has 0 aliphatic carbocycles. The van der Waals surface area contributed by atoms with Crippen LogP contribution < -0.4 is 0 Å². The summed E-state index contributed by atoms with van der Waals surface area (Å²) in [7, 11) is 0. The minimum atomic E-state index is -1.12. The second kappa shape index (κ2) is 5.87. The van der Waals surface area contributed by atoms with E-state index in [9.17, 15) is 15.0 Å². The number of aromatic nitrogens is 1. The van der Waals surface area contributed by atoms with E-state index in [0.29, 0.717) is 20.8 Å². The highest BCUT2D eigenvalue weighted by Gasteiger charge is 2.21. The van der Waals surface area contributed by atoms with Gasteiger partial charge in [0, 0.05) is 10.3 Å². The Hall–Kier alpha value is -2.24. The number of rotatable bonds is 3. The predicted molar refractivity (Wildman–Crippen MR) is 85.9 cm³/mol. The Kier molecular flexibility index (Phi) is 3.92. The maximum absolute atomic E-state index is 11.7. The third-order valence-corrected chi connectivity index (χ3v) is 4.70. The van der Waals surface area contributed by atoms with Gasteiger partial charge in [0.15, 0.2) is 0 Å². The monoisotopic (exact) mass is 331 g/mol. The first kappa shape index (κ1) is 14.7. The number of para-hydroxylation sites is 1. The predicted octanol–water partition coefficient (Wildman–Crippen LogP) is 4.44. The molecule has 22 heavy (non-hydrogen) atoms. The fourth-order valence-corrected chi connectivity index (χ4v) is 3.35. The first-order valence-corrected chi connectivity index (χ1v) is 7.54. The van der Waals surface area contributed by atoms with Gasteiger partial charge in [-0.1, -0.05) is 53.7 Å². The summed E-state index contributed by atoms with van der Waals surface area (Å²) in [6.45, 7) is 0. The van der Waals surface area contributed by atoms with E-state index in [1.165, 1.54) is 0 Å². The van der Waals surface area contributed by atoms with Crippen LogP contribution in [0.25, 0.3) is 10.9 Å². The van der Waals surface area contributed by atoms with Crippen LogP contribution in [0.15, 0.2) is 58.3 Å². The number of nitrogens with zero attached hydrogens (tertiary/aromatic N) is 1. The van der Waals surface area contributed by atoms with E-state index in [-0.39, 0.29) is 16.3 Å². The fourth-order valence-electron chi connectivity index (χ4n) is 2.13. The molecule has 0 radical (unpaired) electrons. The Morgan fingerprint density at radius 2 is 1.77 bits per heavy atom. The zero-order valence-corrected chi connectivity index (χ0v) is 12.7. The van der Waals surface area contributed by atoms with Gasteiger partial charge in [0.2, 0.25) is 5.88 Å². The van der Waals surface area contributed by atoms with Crippen molar-refractivity contribution in [1.29, 1.82) is 0 Å². The molecule has 0 amide bonds. The van der Waals surface area contributed by atoms with Crippen LogP contribution in [0.1, 0.15) is 10.4 Å². The molecule has 0 fully saturated rings. The van der Waals surface area contributed by atoms with E-state index in [1.54, 1.807) is 48.5 Å². The molecule has 6 heteroatoms. The third kappa shape index (κ3) is 2.61. The maximum atomic E-state index is 11.7. The molecule has 2 N–H and O–H groups in total. The van der Waals surface area contributed by atoms with Gasteiger partial charge in [0.1, 0.15) is 0 Å². The SMILES string of the molecule is O=C(O)c1c(Sc2ccccc2Cl)c(O)nc2ccccc12. The zero-order valence-electron chi connectivity index (χ0n) is 11.2. The molecule has 0 aliphatic heterocycles. The molecule has 4 nitrogen and oxygen atoms in total. The molecule has 110 valence electrons. The van der Waals surface area contributed by atoms with Crippen LogP contribution in [-0.2, 0) is 0 Å². The summed E-state index contributed by atoms with van der Waals surface area (Å²) in [5, 5.41) is 20.7. The molecule has 0 spiro atoms. The first-order chi connectivity index (χ1) is 10.6. The Morgan fingerprint density at radius 1 is 1.09 bits per heavy atom. The highest BCUT2D eigenvalue weighted by Crippen LogP contribution is 2.41. The second-order valence-electron chi connectivity index (χ2n) is 4.49. The molecule has 0 aliphatic rings. The van der Waals surface area contributed by atoms with Gasteiger partial charge in [-0.25, -0.2) is 9.78 Å². The van der Waals surface area contributed by atoms with Gasteiger partial charge < -0.3 is 10.2 Å². The van der Waals surface area contributed by atoms with Gasteiger partial charge in [0.25, 0.3) is 0 Å². The minimum Gasteiger partial charge on any atom is -0.492 e. The lowest BCUT2D eigenvalue weighted by Crippen LogP contribution is -2.02. The fraction of sp³-hybridized carbons (Fsp3) is 0. The first-order valence-electron chi connectivity index (χ1n) is 6.35. The Bertz CT molecular complexity index is 882. The maximum Gasteiger partial charge on any atom is 0.337 e. The van der Waals surface area contributed by atoms with E-state index in [0.717, 1.165) is 11.8 Å². The number of carbonyl (C=O) groups is 1. The molecule has 3 rings (SSSR count). The number of hydrogen-bond acceptors (Lipinski definition) is 4. The van der Waals surface area contributed by atoms with E-state index in [4.69, 9.17) is 11.6 Å². The van der Waals surface area contributed by atoms with Gasteiger partial charge in [0.05, 0.1) is 21.0 Å². The van der Waals surface area contributed by atoms with E-state index in [2.05, 4.69) is 4.98 Å². The highest BCUT2D eigenvalue weighted by molar-refractivity contribution is 7.99. The second-order valence-corrected chi connectivity index (χ2v) is 5.95. The summed E-state index contributed by atoms with van der Waals surface area (Å²) >= 11 is 7.19. The van der Waals surface area contributed by atoms with Crippen molar-refractivity contribution in [3.8, 4) is 5.88 Å². The topological polar surface area (TPSA) is 70.4 Å². The van der Waals surface area contributed by atoms with Gasteiger partial charge in [-0.2, -0.15) is 0 Å². The van der Waals surface area contributed by atoms with Crippen LogP contribution in [-0.4, -0.2) is 21.2 Å². The quantitative estimate of drug-likeness (QED) is 0.742. The van der Waals surface area contributed by atoms with Gasteiger partial charge in [-0.3, -0.25) is 0 Å². The van der Waals surface area contributed by atoms with E-state index in [1.807, 2.05) is 0 Å². The number of halogens is 1. The standard InChI is InChI=1S/C16H10ClNO3S/c17-10-6-2-4-8-12(10)22-14-13(16(20)21)9-5-1-3-7-11(9)18-15(14)19/h1-8H,(H,18,19)(H,20,21). The summed E-state index contributed by atoms with van der Waals surface area (Å²) in [5.74, 6) is -1.44. The van der Waals surface area contributed by atoms with Crippen molar-refractivity contribution >= 4 is 40.2 Å². The zero-order chi connectivity index (χ0) is 15.7. The van der Waals surface area contributed by atoms with E-state index >= 15 is 0 Å². The number of carboxylic acid groups (broad SMARTS) is 1. The minimum absolute atomic E-state index is 0.0213. The number of carboxylic acids is 1. The number of aromatic hydroxyl groups is 1. The summed E-state index contributed by atoms with van der Waals surface area (Å²) in [6.07, 6.45) is 0. The number of benzene rings is 2. The largest absolute Gasteiger partial charge is 0.492 e. The summed E-state index contributed by atoms with van der Waals surface area (Å²) < 4.78 is 0. The molecule has 0 atom stereocenters. The summed E-state index contributed by atoms with van der Waals surface area (Å²) in [4.78, 5) is 16.6. The van der Waals surface area contributed by atoms with Crippen LogP contribution >= 0.6 is 23.4 Å². The molecule has 2 aromatic carbocycles. The van der Waals surface area contributed by atoms with Crippen LogP contribution in [0, 0.1) is 0 Å². The molecule has 0 saturated heterocycles. The number of fused-ring (bicyclic) bond motifs is 1. The Balaban J connectivity index is 2.24. The molecular formula is C16H10ClNO3S. The van der Waals surface area contributed by atoms with Gasteiger partial charge in [-0.05, 0) is 18.2 Å². The smallest absolute Gasteiger partial charge is 0.337 e.